The van der Waals surface area contributed by atoms with Crippen LogP contribution in [0.5, 0.6) is 0 Å². The lowest BCUT2D eigenvalue weighted by atomic mass is 10.8. The molecule has 0 heterocycles. The van der Waals surface area contributed by atoms with Crippen molar-refractivity contribution in [1.29, 1.82) is 0 Å². The van der Waals surface area contributed by atoms with Gasteiger partial charge >= 0.3 is 11.9 Å². The SMILES string of the molecule is CC(=O)OC=C=COC(C)=O. The van der Waals surface area contributed by atoms with E-state index in [1.807, 2.05) is 0 Å². The fourth-order valence-corrected chi connectivity index (χ4v) is 0.262. The van der Waals surface area contributed by atoms with Crippen molar-refractivity contribution >= 4 is 11.9 Å². The molecule has 0 unspecified atom stereocenters. The molecule has 0 bridgehead atoms. The molecule has 0 N–H and O–H groups in total. The van der Waals surface area contributed by atoms with Gasteiger partial charge in [0.05, 0.1) is 0 Å². The van der Waals surface area contributed by atoms with Gasteiger partial charge in [0, 0.05) is 13.8 Å². The van der Waals surface area contributed by atoms with Crippen LogP contribution < -0.4 is 0 Å². The Kier molecular flexibility index (Phi) is 4.52. The molecular formula is C7H8O4. The predicted molar refractivity (Wildman–Crippen MR) is 36.2 cm³/mol. The number of carbonyl (C=O) groups is 2. The minimum Gasteiger partial charge on any atom is -0.426 e. The second kappa shape index (κ2) is 5.26. The first kappa shape index (κ1) is 9.46. The van der Waals surface area contributed by atoms with Crippen molar-refractivity contribution in [3.63, 3.8) is 0 Å². The molecule has 0 aromatic heterocycles. The minimum absolute atomic E-state index is 0.450. The smallest absolute Gasteiger partial charge is 0.308 e. The van der Waals surface area contributed by atoms with Crippen LogP contribution in [-0.2, 0) is 19.1 Å². The van der Waals surface area contributed by atoms with Gasteiger partial charge in [0.25, 0.3) is 0 Å². The van der Waals surface area contributed by atoms with Crippen LogP contribution in [-0.4, -0.2) is 11.9 Å². The van der Waals surface area contributed by atoms with Crippen molar-refractivity contribution in [2.24, 2.45) is 0 Å². The normalized spacial score (nSPS) is 7.45. The molecule has 0 saturated heterocycles. The van der Waals surface area contributed by atoms with Gasteiger partial charge in [-0.3, -0.25) is 9.59 Å². The molecule has 4 nitrogen and oxygen atoms in total. The number of esters is 2. The largest absolute Gasteiger partial charge is 0.426 e. The third-order valence-electron chi connectivity index (χ3n) is 0.586. The van der Waals surface area contributed by atoms with Crippen molar-refractivity contribution in [3.8, 4) is 0 Å². The van der Waals surface area contributed by atoms with Gasteiger partial charge in [-0.15, -0.1) is 0 Å². The quantitative estimate of drug-likeness (QED) is 0.336. The molecule has 0 aromatic rings. The van der Waals surface area contributed by atoms with E-state index in [-0.39, 0.29) is 0 Å². The summed E-state index contributed by atoms with van der Waals surface area (Å²) in [7, 11) is 0. The average Bonchev–Trinajstić information content (AvgIpc) is 1.85. The lowest BCUT2D eigenvalue weighted by molar-refractivity contribution is -0.135. The first-order valence-electron chi connectivity index (χ1n) is 2.87. The minimum atomic E-state index is -0.450. The van der Waals surface area contributed by atoms with Crippen LogP contribution in [0, 0.1) is 0 Å². The van der Waals surface area contributed by atoms with Crippen molar-refractivity contribution in [3.05, 3.63) is 18.3 Å². The van der Waals surface area contributed by atoms with Crippen molar-refractivity contribution < 1.29 is 19.1 Å². The van der Waals surface area contributed by atoms with E-state index in [2.05, 4.69) is 15.2 Å². The van der Waals surface area contributed by atoms with E-state index in [4.69, 9.17) is 0 Å². The van der Waals surface area contributed by atoms with E-state index in [1.54, 1.807) is 0 Å². The van der Waals surface area contributed by atoms with E-state index in [0.29, 0.717) is 0 Å². The highest BCUT2D eigenvalue weighted by molar-refractivity contribution is 5.67. The van der Waals surface area contributed by atoms with Gasteiger partial charge in [0.2, 0.25) is 0 Å². The zero-order chi connectivity index (χ0) is 8.69. The Balaban J connectivity index is 3.64. The van der Waals surface area contributed by atoms with Crippen LogP contribution >= 0.6 is 0 Å². The Hall–Kier alpha value is -1.54. The van der Waals surface area contributed by atoms with E-state index in [9.17, 15) is 9.59 Å². The van der Waals surface area contributed by atoms with E-state index in [0.717, 1.165) is 12.5 Å². The summed E-state index contributed by atoms with van der Waals surface area (Å²) in [6, 6.07) is 0. The van der Waals surface area contributed by atoms with E-state index in [1.165, 1.54) is 13.8 Å². The highest BCUT2D eigenvalue weighted by atomic mass is 16.5. The van der Waals surface area contributed by atoms with Crippen LogP contribution in [0.2, 0.25) is 0 Å². The third kappa shape index (κ3) is 8.46. The summed E-state index contributed by atoms with van der Waals surface area (Å²) in [4.78, 5) is 20.3. The standard InChI is InChI=1S/C7H8O4/c1-6(8)10-4-3-5-11-7(2)9/h4-5H,1-2H3. The van der Waals surface area contributed by atoms with Crippen LogP contribution in [0.1, 0.15) is 13.8 Å². The molecule has 0 radical (unpaired) electrons. The number of hydrogen-bond donors (Lipinski definition) is 0. The summed E-state index contributed by atoms with van der Waals surface area (Å²) >= 11 is 0. The number of hydrogen-bond acceptors (Lipinski definition) is 4. The molecule has 11 heavy (non-hydrogen) atoms. The van der Waals surface area contributed by atoms with Gasteiger partial charge in [-0.1, -0.05) is 0 Å². The topological polar surface area (TPSA) is 52.6 Å². The lowest BCUT2D eigenvalue weighted by Crippen LogP contribution is -1.90. The van der Waals surface area contributed by atoms with Crippen molar-refractivity contribution in [2.45, 2.75) is 13.8 Å². The van der Waals surface area contributed by atoms with Gasteiger partial charge in [0.15, 0.2) is 0 Å². The maximum Gasteiger partial charge on any atom is 0.308 e. The second-order valence-corrected chi connectivity index (χ2v) is 1.62. The van der Waals surface area contributed by atoms with E-state index >= 15 is 0 Å². The Morgan fingerprint density at radius 2 is 1.45 bits per heavy atom. The second-order valence-electron chi connectivity index (χ2n) is 1.62. The summed E-state index contributed by atoms with van der Waals surface area (Å²) in [6.45, 7) is 2.51. The van der Waals surface area contributed by atoms with Crippen LogP contribution in [0.25, 0.3) is 0 Å². The molecule has 0 saturated carbocycles. The van der Waals surface area contributed by atoms with Crippen LogP contribution in [0.3, 0.4) is 0 Å². The number of ether oxygens (including phenoxy) is 2. The molecule has 0 aliphatic rings. The monoisotopic (exact) mass is 156 g/mol. The molecular weight excluding hydrogens is 148 g/mol. The van der Waals surface area contributed by atoms with E-state index < -0.39 is 11.9 Å². The molecule has 0 atom stereocenters. The number of rotatable bonds is 2. The molecule has 4 heteroatoms. The summed E-state index contributed by atoms with van der Waals surface area (Å²) in [5.41, 5.74) is 2.31. The number of carbonyl (C=O) groups excluding carboxylic acids is 2. The van der Waals surface area contributed by atoms with Crippen molar-refractivity contribution in [2.75, 3.05) is 0 Å². The maximum atomic E-state index is 10.1. The molecule has 0 aliphatic heterocycles. The average molecular weight is 156 g/mol. The van der Waals surface area contributed by atoms with Crippen molar-refractivity contribution in [1.82, 2.24) is 0 Å². The first-order valence-corrected chi connectivity index (χ1v) is 2.87. The summed E-state index contributed by atoms with van der Waals surface area (Å²) in [6.07, 6.45) is 2.01. The van der Waals surface area contributed by atoms with Gasteiger partial charge in [-0.25, -0.2) is 0 Å². The fraction of sp³-hybridized carbons (Fsp3) is 0.286. The zero-order valence-electron chi connectivity index (χ0n) is 6.29. The molecule has 60 valence electrons. The van der Waals surface area contributed by atoms with Crippen LogP contribution in [0.4, 0.5) is 0 Å². The lowest BCUT2D eigenvalue weighted by Gasteiger charge is -1.86. The third-order valence-corrected chi connectivity index (χ3v) is 0.586. The first-order chi connectivity index (χ1) is 5.13. The highest BCUT2D eigenvalue weighted by Crippen LogP contribution is 1.78. The molecule has 0 amide bonds. The van der Waals surface area contributed by atoms with Gasteiger partial charge < -0.3 is 9.47 Å². The molecule has 0 aromatic carbocycles. The Morgan fingerprint density at radius 1 is 1.09 bits per heavy atom. The van der Waals surface area contributed by atoms with Gasteiger partial charge in [0.1, 0.15) is 12.5 Å². The molecule has 0 aliphatic carbocycles. The summed E-state index contributed by atoms with van der Waals surface area (Å²) < 4.78 is 8.65. The van der Waals surface area contributed by atoms with Gasteiger partial charge in [-0.2, -0.15) is 0 Å². The maximum absolute atomic E-state index is 10.1. The molecule has 0 fully saturated rings. The predicted octanol–water partition coefficient (Wildman–Crippen LogP) is 0.739. The Morgan fingerprint density at radius 3 is 1.73 bits per heavy atom. The van der Waals surface area contributed by atoms with Crippen LogP contribution in [0.15, 0.2) is 18.3 Å². The summed E-state index contributed by atoms with van der Waals surface area (Å²) in [5, 5.41) is 0. The molecule has 0 rings (SSSR count). The zero-order valence-corrected chi connectivity index (χ0v) is 6.29. The highest BCUT2D eigenvalue weighted by Gasteiger charge is 1.83. The Labute approximate surface area is 64.1 Å². The Bertz CT molecular complexity index is 190. The molecule has 0 spiro atoms. The fourth-order valence-electron chi connectivity index (χ4n) is 0.262. The van der Waals surface area contributed by atoms with Gasteiger partial charge in [-0.05, 0) is 5.73 Å². The summed E-state index contributed by atoms with van der Waals surface area (Å²) in [5.74, 6) is -0.901.